The minimum Gasteiger partial charge on any atom is -0.490 e. The first-order valence-electron chi connectivity index (χ1n) is 5.63. The van der Waals surface area contributed by atoms with E-state index in [2.05, 4.69) is 53.9 Å². The summed E-state index contributed by atoms with van der Waals surface area (Å²) < 4.78 is 7.25. The highest BCUT2D eigenvalue weighted by atomic mass is 127. The second kappa shape index (κ2) is 4.53. The Balaban J connectivity index is 2.02. The molecule has 0 bridgehead atoms. The van der Waals surface area contributed by atoms with Crippen molar-refractivity contribution >= 4 is 22.6 Å². The molecule has 1 aliphatic rings. The Morgan fingerprint density at radius 3 is 2.75 bits per heavy atom. The largest absolute Gasteiger partial charge is 0.490 e. The summed E-state index contributed by atoms with van der Waals surface area (Å²) in [5.74, 6) is 0.986. The van der Waals surface area contributed by atoms with E-state index in [1.54, 1.807) is 0 Å². The molecule has 0 aromatic heterocycles. The molecule has 0 spiro atoms. The Morgan fingerprint density at radius 2 is 2.19 bits per heavy atom. The average Bonchev–Trinajstić information content (AvgIpc) is 2.23. The summed E-state index contributed by atoms with van der Waals surface area (Å²) in [6.07, 6.45) is 1.41. The van der Waals surface area contributed by atoms with Crippen LogP contribution in [0.1, 0.15) is 20.3 Å². The number of rotatable bonds is 3. The predicted octanol–water partition coefficient (Wildman–Crippen LogP) is 3.06. The van der Waals surface area contributed by atoms with Gasteiger partial charge in [0.05, 0.1) is 0 Å². The van der Waals surface area contributed by atoms with Crippen molar-refractivity contribution in [2.75, 3.05) is 7.05 Å². The highest BCUT2D eigenvalue weighted by Crippen LogP contribution is 2.42. The van der Waals surface area contributed by atoms with Gasteiger partial charge in [-0.3, -0.25) is 0 Å². The van der Waals surface area contributed by atoms with Gasteiger partial charge < -0.3 is 10.1 Å². The fraction of sp³-hybridized carbons (Fsp3) is 0.538. The van der Waals surface area contributed by atoms with Gasteiger partial charge in [0.1, 0.15) is 11.9 Å². The van der Waals surface area contributed by atoms with Crippen LogP contribution in [0.2, 0.25) is 0 Å². The van der Waals surface area contributed by atoms with Crippen LogP contribution in [0.25, 0.3) is 0 Å². The lowest BCUT2D eigenvalue weighted by molar-refractivity contribution is -0.0521. The maximum absolute atomic E-state index is 6.03. The highest BCUT2D eigenvalue weighted by molar-refractivity contribution is 14.1. The summed E-state index contributed by atoms with van der Waals surface area (Å²) in [6.45, 7) is 4.52. The van der Waals surface area contributed by atoms with E-state index >= 15 is 0 Å². The van der Waals surface area contributed by atoms with Crippen LogP contribution >= 0.6 is 22.6 Å². The van der Waals surface area contributed by atoms with Crippen molar-refractivity contribution in [3.63, 3.8) is 0 Å². The normalized spacial score (nSPS) is 27.2. The van der Waals surface area contributed by atoms with E-state index in [9.17, 15) is 0 Å². The molecule has 2 unspecified atom stereocenters. The zero-order valence-electron chi connectivity index (χ0n) is 9.96. The molecular weight excluding hydrogens is 313 g/mol. The molecule has 16 heavy (non-hydrogen) atoms. The van der Waals surface area contributed by atoms with Crippen LogP contribution in [0.3, 0.4) is 0 Å². The standard InChI is InChI=1S/C13H18INO/c1-13(2)11(15-3)8-12(13)16-10-6-4-5-9(14)7-10/h4-7,11-12,15H,8H2,1-3H3. The van der Waals surface area contributed by atoms with Gasteiger partial charge in [0.2, 0.25) is 0 Å². The van der Waals surface area contributed by atoms with E-state index in [-0.39, 0.29) is 5.41 Å². The topological polar surface area (TPSA) is 21.3 Å². The smallest absolute Gasteiger partial charge is 0.120 e. The molecule has 1 aromatic carbocycles. The van der Waals surface area contributed by atoms with Gasteiger partial charge in [-0.05, 0) is 47.8 Å². The van der Waals surface area contributed by atoms with Crippen LogP contribution in [-0.4, -0.2) is 19.2 Å². The van der Waals surface area contributed by atoms with Crippen LogP contribution in [0.15, 0.2) is 24.3 Å². The third-order valence-electron chi connectivity index (χ3n) is 3.60. The molecule has 1 aliphatic carbocycles. The minimum absolute atomic E-state index is 0.218. The fourth-order valence-electron chi connectivity index (χ4n) is 2.28. The Bertz CT molecular complexity index is 378. The van der Waals surface area contributed by atoms with E-state index in [1.165, 1.54) is 3.57 Å². The van der Waals surface area contributed by atoms with Crippen LogP contribution in [-0.2, 0) is 0 Å². The minimum atomic E-state index is 0.218. The SMILES string of the molecule is CNC1CC(Oc2cccc(I)c2)C1(C)C. The number of ether oxygens (including phenoxy) is 1. The number of hydrogen-bond donors (Lipinski definition) is 1. The van der Waals surface area contributed by atoms with Crippen molar-refractivity contribution in [3.8, 4) is 5.75 Å². The molecule has 1 saturated carbocycles. The van der Waals surface area contributed by atoms with E-state index in [0.29, 0.717) is 12.1 Å². The summed E-state index contributed by atoms with van der Waals surface area (Å²) in [7, 11) is 2.02. The van der Waals surface area contributed by atoms with Crippen LogP contribution in [0, 0.1) is 8.99 Å². The molecule has 0 aliphatic heterocycles. The van der Waals surface area contributed by atoms with E-state index in [0.717, 1.165) is 12.2 Å². The lowest BCUT2D eigenvalue weighted by Gasteiger charge is -2.51. The maximum Gasteiger partial charge on any atom is 0.120 e. The molecule has 2 nitrogen and oxygen atoms in total. The first kappa shape index (κ1) is 12.2. The summed E-state index contributed by atoms with van der Waals surface area (Å²) in [6, 6.07) is 8.81. The molecule has 2 atom stereocenters. The molecule has 1 aromatic rings. The zero-order valence-corrected chi connectivity index (χ0v) is 12.1. The molecule has 1 fully saturated rings. The quantitative estimate of drug-likeness (QED) is 0.860. The van der Waals surface area contributed by atoms with Gasteiger partial charge in [0.15, 0.2) is 0 Å². The fourth-order valence-corrected chi connectivity index (χ4v) is 2.79. The van der Waals surface area contributed by atoms with Gasteiger partial charge >= 0.3 is 0 Å². The van der Waals surface area contributed by atoms with Crippen molar-refractivity contribution in [2.24, 2.45) is 5.41 Å². The van der Waals surface area contributed by atoms with Gasteiger partial charge in [0, 0.05) is 21.4 Å². The number of halogens is 1. The van der Waals surface area contributed by atoms with Gasteiger partial charge in [-0.15, -0.1) is 0 Å². The Labute approximate surface area is 111 Å². The first-order chi connectivity index (χ1) is 7.54. The van der Waals surface area contributed by atoms with Crippen LogP contribution < -0.4 is 10.1 Å². The van der Waals surface area contributed by atoms with Crippen molar-refractivity contribution in [1.29, 1.82) is 0 Å². The highest BCUT2D eigenvalue weighted by Gasteiger charge is 2.49. The van der Waals surface area contributed by atoms with Crippen LogP contribution in [0.5, 0.6) is 5.75 Å². The molecule has 88 valence electrons. The molecule has 2 rings (SSSR count). The van der Waals surface area contributed by atoms with E-state index in [4.69, 9.17) is 4.74 Å². The summed E-state index contributed by atoms with van der Waals surface area (Å²) >= 11 is 2.31. The van der Waals surface area contributed by atoms with Gasteiger partial charge in [0.25, 0.3) is 0 Å². The van der Waals surface area contributed by atoms with Gasteiger partial charge in [-0.1, -0.05) is 19.9 Å². The van der Waals surface area contributed by atoms with Crippen molar-refractivity contribution in [2.45, 2.75) is 32.4 Å². The van der Waals surface area contributed by atoms with E-state index < -0.39 is 0 Å². The monoisotopic (exact) mass is 331 g/mol. The zero-order chi connectivity index (χ0) is 11.8. The molecule has 1 N–H and O–H groups in total. The summed E-state index contributed by atoms with van der Waals surface area (Å²) in [4.78, 5) is 0. The maximum atomic E-state index is 6.03. The predicted molar refractivity (Wildman–Crippen MR) is 74.8 cm³/mol. The third kappa shape index (κ3) is 2.20. The molecule has 0 saturated heterocycles. The van der Waals surface area contributed by atoms with Crippen molar-refractivity contribution < 1.29 is 4.74 Å². The molecule has 0 amide bonds. The number of nitrogens with one attached hydrogen (secondary N) is 1. The van der Waals surface area contributed by atoms with Crippen molar-refractivity contribution in [3.05, 3.63) is 27.8 Å². The first-order valence-corrected chi connectivity index (χ1v) is 6.71. The average molecular weight is 331 g/mol. The van der Waals surface area contributed by atoms with Crippen LogP contribution in [0.4, 0.5) is 0 Å². The number of hydrogen-bond acceptors (Lipinski definition) is 2. The van der Waals surface area contributed by atoms with E-state index in [1.807, 2.05) is 19.2 Å². The Hall–Kier alpha value is -0.290. The second-order valence-corrected chi connectivity index (χ2v) is 6.21. The lowest BCUT2D eigenvalue weighted by atomic mass is 9.64. The second-order valence-electron chi connectivity index (χ2n) is 4.96. The Morgan fingerprint density at radius 1 is 1.44 bits per heavy atom. The lowest BCUT2D eigenvalue weighted by Crippen LogP contribution is -2.61. The summed E-state index contributed by atoms with van der Waals surface area (Å²) in [5.41, 5.74) is 0.218. The molecule has 0 heterocycles. The molecule has 3 heteroatoms. The molecular formula is C13H18INO. The van der Waals surface area contributed by atoms with Gasteiger partial charge in [-0.2, -0.15) is 0 Å². The molecule has 0 radical (unpaired) electrons. The Kier molecular flexibility index (Phi) is 3.45. The van der Waals surface area contributed by atoms with Gasteiger partial charge in [-0.25, -0.2) is 0 Å². The summed E-state index contributed by atoms with van der Waals surface area (Å²) in [5, 5.41) is 3.34. The third-order valence-corrected chi connectivity index (χ3v) is 4.27. The van der Waals surface area contributed by atoms with Crippen molar-refractivity contribution in [1.82, 2.24) is 5.32 Å². The number of benzene rings is 1.